The Kier molecular flexibility index (Phi) is 7.33. The Balaban J connectivity index is 1.20. The van der Waals surface area contributed by atoms with Crippen LogP contribution in [0.3, 0.4) is 0 Å². The van der Waals surface area contributed by atoms with E-state index in [0.29, 0.717) is 11.8 Å². The van der Waals surface area contributed by atoms with Crippen LogP contribution in [0.25, 0.3) is 10.1 Å². The lowest BCUT2D eigenvalue weighted by molar-refractivity contribution is 0.150. The summed E-state index contributed by atoms with van der Waals surface area (Å²) in [6.45, 7) is 9.76. The van der Waals surface area contributed by atoms with Crippen molar-refractivity contribution in [3.63, 3.8) is 0 Å². The van der Waals surface area contributed by atoms with Gasteiger partial charge in [0.25, 0.3) is 0 Å². The summed E-state index contributed by atoms with van der Waals surface area (Å²) in [5.74, 6) is 2.79. The van der Waals surface area contributed by atoms with Crippen molar-refractivity contribution in [3.8, 4) is 0 Å². The summed E-state index contributed by atoms with van der Waals surface area (Å²) < 4.78 is 5.99. The maximum Gasteiger partial charge on any atom is 0.404 e. The van der Waals surface area contributed by atoms with Crippen molar-refractivity contribution >= 4 is 33.5 Å². The highest BCUT2D eigenvalue weighted by atomic mass is 32.1. The lowest BCUT2D eigenvalue weighted by Gasteiger charge is -2.38. The average molecular weight is 445 g/mol. The molecule has 2 aliphatic rings. The Morgan fingerprint density at radius 2 is 1.87 bits per heavy atom. The normalized spacial score (nSPS) is 23.9. The molecule has 0 radical (unpaired) electrons. The average Bonchev–Trinajstić information content (AvgIpc) is 3.21. The Bertz CT molecular complexity index is 854. The monoisotopic (exact) mass is 444 g/mol. The third-order valence-electron chi connectivity index (χ3n) is 7.29. The van der Waals surface area contributed by atoms with Gasteiger partial charge in [0.15, 0.2) is 0 Å². The van der Waals surface area contributed by atoms with Gasteiger partial charge >= 0.3 is 6.09 Å². The molecule has 4 rings (SSSR count). The van der Waals surface area contributed by atoms with Crippen LogP contribution in [0.4, 0.5) is 10.6 Å². The smallest absolute Gasteiger partial charge is 0.404 e. The van der Waals surface area contributed by atoms with E-state index < -0.39 is 6.09 Å². The zero-order chi connectivity index (χ0) is 21.8. The Morgan fingerprint density at radius 1 is 1.16 bits per heavy atom. The van der Waals surface area contributed by atoms with Gasteiger partial charge in [0.05, 0.1) is 4.70 Å². The van der Waals surface area contributed by atoms with Crippen molar-refractivity contribution in [2.45, 2.75) is 52.0 Å². The molecule has 1 aliphatic carbocycles. The first-order valence-electron chi connectivity index (χ1n) is 11.8. The summed E-state index contributed by atoms with van der Waals surface area (Å²) in [7, 11) is 0. The molecule has 1 unspecified atom stereocenters. The van der Waals surface area contributed by atoms with E-state index in [1.165, 1.54) is 35.9 Å². The minimum absolute atomic E-state index is 0.0910. The molecule has 1 aliphatic heterocycles. The van der Waals surface area contributed by atoms with Gasteiger partial charge in [-0.1, -0.05) is 38.8 Å². The SMILES string of the molecule is CC(C)C(NC(=O)O)C1CCC(CCN2CCN(c3nsc4ccccc34)CC2)CC1. The highest BCUT2D eigenvalue weighted by molar-refractivity contribution is 7.13. The maximum atomic E-state index is 11.1. The molecular weight excluding hydrogens is 408 g/mol. The van der Waals surface area contributed by atoms with Crippen LogP contribution < -0.4 is 10.2 Å². The standard InChI is InChI=1S/C24H36N4O2S/c1-17(2)22(25-24(29)30)19-9-7-18(8-10-19)11-12-27-13-15-28(16-14-27)23-20-5-3-4-6-21(20)31-26-23/h3-6,17-19,22,25H,7-16H2,1-2H3,(H,29,30). The Morgan fingerprint density at radius 3 is 2.55 bits per heavy atom. The van der Waals surface area contributed by atoms with E-state index in [1.54, 1.807) is 11.5 Å². The molecule has 2 aromatic rings. The quantitative estimate of drug-likeness (QED) is 0.635. The lowest BCUT2D eigenvalue weighted by Crippen LogP contribution is -2.47. The fourth-order valence-corrected chi connectivity index (χ4v) is 6.25. The molecule has 2 N–H and O–H groups in total. The number of amides is 1. The van der Waals surface area contributed by atoms with Crippen molar-refractivity contribution in [2.75, 3.05) is 37.6 Å². The van der Waals surface area contributed by atoms with Crippen molar-refractivity contribution in [2.24, 2.45) is 17.8 Å². The number of rotatable bonds is 7. The number of benzene rings is 1. The van der Waals surface area contributed by atoms with E-state index in [0.717, 1.165) is 50.8 Å². The molecule has 0 bridgehead atoms. The summed E-state index contributed by atoms with van der Waals surface area (Å²) in [5, 5.41) is 13.2. The van der Waals surface area contributed by atoms with E-state index in [-0.39, 0.29) is 6.04 Å². The number of hydrogen-bond acceptors (Lipinski definition) is 5. The van der Waals surface area contributed by atoms with Crippen LogP contribution in [0.1, 0.15) is 46.0 Å². The Labute approximate surface area is 189 Å². The van der Waals surface area contributed by atoms with Gasteiger partial charge in [-0.3, -0.25) is 4.90 Å². The fourth-order valence-electron chi connectivity index (χ4n) is 5.46. The van der Waals surface area contributed by atoms with E-state index in [9.17, 15) is 4.79 Å². The van der Waals surface area contributed by atoms with E-state index in [4.69, 9.17) is 9.48 Å². The molecule has 0 spiro atoms. The molecule has 170 valence electrons. The molecule has 7 heteroatoms. The number of piperazine rings is 1. The van der Waals surface area contributed by atoms with E-state index in [1.807, 2.05) is 0 Å². The topological polar surface area (TPSA) is 68.7 Å². The zero-order valence-electron chi connectivity index (χ0n) is 18.8. The number of fused-ring (bicyclic) bond motifs is 1. The molecule has 1 saturated carbocycles. The van der Waals surface area contributed by atoms with Crippen LogP contribution in [-0.2, 0) is 0 Å². The van der Waals surface area contributed by atoms with Gasteiger partial charge in [-0.05, 0) is 67.2 Å². The third kappa shape index (κ3) is 5.50. The van der Waals surface area contributed by atoms with Crippen LogP contribution in [0.15, 0.2) is 24.3 Å². The molecule has 1 amide bonds. The molecule has 2 fully saturated rings. The van der Waals surface area contributed by atoms with Crippen LogP contribution in [0.2, 0.25) is 0 Å². The summed E-state index contributed by atoms with van der Waals surface area (Å²) in [4.78, 5) is 16.2. The van der Waals surface area contributed by atoms with E-state index >= 15 is 0 Å². The van der Waals surface area contributed by atoms with E-state index in [2.05, 4.69) is 53.2 Å². The number of hydrogen-bond donors (Lipinski definition) is 2. The first kappa shape index (κ1) is 22.3. The second-order valence-corrected chi connectivity index (χ2v) is 10.4. The molecule has 1 aromatic heterocycles. The molecule has 6 nitrogen and oxygen atoms in total. The van der Waals surface area contributed by atoms with Gasteiger partial charge in [0.2, 0.25) is 0 Å². The van der Waals surface area contributed by atoms with Gasteiger partial charge in [0.1, 0.15) is 5.82 Å². The number of nitrogens with one attached hydrogen (secondary N) is 1. The lowest BCUT2D eigenvalue weighted by atomic mass is 9.75. The summed E-state index contributed by atoms with van der Waals surface area (Å²) in [5.41, 5.74) is 0. The summed E-state index contributed by atoms with van der Waals surface area (Å²) >= 11 is 1.60. The predicted molar refractivity (Wildman–Crippen MR) is 128 cm³/mol. The second kappa shape index (κ2) is 10.2. The zero-order valence-corrected chi connectivity index (χ0v) is 19.6. The molecule has 1 atom stereocenters. The van der Waals surface area contributed by atoms with Gasteiger partial charge in [-0.25, -0.2) is 4.79 Å². The first-order chi connectivity index (χ1) is 15.0. The fraction of sp³-hybridized carbons (Fsp3) is 0.667. The highest BCUT2D eigenvalue weighted by Crippen LogP contribution is 2.35. The van der Waals surface area contributed by atoms with Crippen LogP contribution in [0.5, 0.6) is 0 Å². The number of carboxylic acid groups (broad SMARTS) is 1. The Hall–Kier alpha value is -1.86. The number of aromatic nitrogens is 1. The molecule has 2 heterocycles. The van der Waals surface area contributed by atoms with Crippen LogP contribution in [-0.4, -0.2) is 59.2 Å². The molecule has 1 saturated heterocycles. The largest absolute Gasteiger partial charge is 0.465 e. The molecular formula is C24H36N4O2S. The van der Waals surface area contributed by atoms with Gasteiger partial charge in [0, 0.05) is 37.6 Å². The maximum absolute atomic E-state index is 11.1. The number of nitrogens with zero attached hydrogens (tertiary/aromatic N) is 3. The first-order valence-corrected chi connectivity index (χ1v) is 12.6. The van der Waals surface area contributed by atoms with Gasteiger partial charge in [-0.2, -0.15) is 4.37 Å². The van der Waals surface area contributed by atoms with Crippen molar-refractivity contribution in [1.29, 1.82) is 0 Å². The third-order valence-corrected chi connectivity index (χ3v) is 8.11. The minimum Gasteiger partial charge on any atom is -0.465 e. The second-order valence-electron chi connectivity index (χ2n) is 9.62. The van der Waals surface area contributed by atoms with Crippen molar-refractivity contribution in [1.82, 2.24) is 14.6 Å². The molecule has 31 heavy (non-hydrogen) atoms. The van der Waals surface area contributed by atoms with Gasteiger partial charge < -0.3 is 15.3 Å². The summed E-state index contributed by atoms with van der Waals surface area (Å²) in [6, 6.07) is 8.62. The molecule has 1 aromatic carbocycles. The van der Waals surface area contributed by atoms with Crippen molar-refractivity contribution < 1.29 is 9.90 Å². The van der Waals surface area contributed by atoms with Crippen molar-refractivity contribution in [3.05, 3.63) is 24.3 Å². The number of carbonyl (C=O) groups is 1. The van der Waals surface area contributed by atoms with Gasteiger partial charge in [-0.15, -0.1) is 0 Å². The predicted octanol–water partition coefficient (Wildman–Crippen LogP) is 4.91. The number of anilines is 1. The van der Waals surface area contributed by atoms with Crippen LogP contribution >= 0.6 is 11.5 Å². The summed E-state index contributed by atoms with van der Waals surface area (Å²) in [6.07, 6.45) is 5.16. The highest BCUT2D eigenvalue weighted by Gasteiger charge is 2.31. The minimum atomic E-state index is -0.884. The van der Waals surface area contributed by atoms with Crippen LogP contribution in [0, 0.1) is 17.8 Å².